The molecule has 4 heterocycles. The average Bonchev–Trinajstić information content (AvgIpc) is 3.24. The van der Waals surface area contributed by atoms with Gasteiger partial charge in [0.2, 0.25) is 0 Å². The fraction of sp³-hybridized carbons (Fsp3) is 0.174. The number of H-pyrrole nitrogens is 1. The molecule has 0 radical (unpaired) electrons. The molecule has 12 heteroatoms. The number of aliphatic hydroxyl groups excluding tert-OH is 1. The number of hydrogen-bond donors (Lipinski definition) is 5. The predicted octanol–water partition coefficient (Wildman–Crippen LogP) is 1.51. The SMILES string of the molecule is N=C(/C=C\Nc1ccncc1)N1CCOC(C(O)c2cc(=O)c3c(ccc4c(N)noc43)[nH]2)C1=O. The van der Waals surface area contributed by atoms with Gasteiger partial charge in [-0.05, 0) is 30.3 Å². The maximum absolute atomic E-state index is 13.0. The smallest absolute Gasteiger partial charge is 0.260 e. The number of hydrogen-bond acceptors (Lipinski definition) is 10. The van der Waals surface area contributed by atoms with E-state index in [2.05, 4.69) is 20.4 Å². The summed E-state index contributed by atoms with van der Waals surface area (Å²) in [6, 6.07) is 7.96. The van der Waals surface area contributed by atoms with E-state index in [-0.39, 0.29) is 41.5 Å². The number of nitrogens with zero attached hydrogens (tertiary/aromatic N) is 3. The zero-order chi connectivity index (χ0) is 24.5. The molecule has 3 aromatic heterocycles. The molecule has 178 valence electrons. The van der Waals surface area contributed by atoms with E-state index in [0.717, 1.165) is 5.69 Å². The molecule has 0 bridgehead atoms. The number of amides is 1. The van der Waals surface area contributed by atoms with Gasteiger partial charge >= 0.3 is 0 Å². The zero-order valence-corrected chi connectivity index (χ0v) is 18.3. The number of carbonyl (C=O) groups is 1. The molecule has 2 unspecified atom stereocenters. The van der Waals surface area contributed by atoms with E-state index in [1.807, 2.05) is 0 Å². The van der Waals surface area contributed by atoms with Crippen LogP contribution in [0, 0.1) is 5.41 Å². The van der Waals surface area contributed by atoms with E-state index in [1.54, 1.807) is 36.7 Å². The Hall–Kier alpha value is -4.55. The van der Waals surface area contributed by atoms with Gasteiger partial charge in [0.05, 0.1) is 35.1 Å². The van der Waals surface area contributed by atoms with Crippen LogP contribution < -0.4 is 16.5 Å². The summed E-state index contributed by atoms with van der Waals surface area (Å²) in [6.45, 7) is 0.261. The van der Waals surface area contributed by atoms with E-state index < -0.39 is 23.5 Å². The lowest BCUT2D eigenvalue weighted by molar-refractivity contribution is -0.157. The molecule has 0 saturated carbocycles. The fourth-order valence-electron chi connectivity index (χ4n) is 3.93. The Bertz CT molecular complexity index is 1510. The number of aliphatic hydroxyl groups is 1. The molecule has 35 heavy (non-hydrogen) atoms. The Morgan fingerprint density at radius 2 is 2.11 bits per heavy atom. The van der Waals surface area contributed by atoms with Crippen LogP contribution in [0.3, 0.4) is 0 Å². The van der Waals surface area contributed by atoms with Gasteiger partial charge in [-0.15, -0.1) is 0 Å². The molecule has 1 aromatic carbocycles. The summed E-state index contributed by atoms with van der Waals surface area (Å²) in [5.74, 6) is -0.504. The first kappa shape index (κ1) is 22.3. The molecule has 0 spiro atoms. The number of aromatic nitrogens is 3. The minimum atomic E-state index is -1.47. The highest BCUT2D eigenvalue weighted by atomic mass is 16.5. The van der Waals surface area contributed by atoms with Crippen LogP contribution >= 0.6 is 0 Å². The molecule has 12 nitrogen and oxygen atoms in total. The lowest BCUT2D eigenvalue weighted by Gasteiger charge is -2.33. The molecule has 1 aliphatic rings. The second-order valence-electron chi connectivity index (χ2n) is 7.85. The molecule has 2 atom stereocenters. The van der Waals surface area contributed by atoms with Crippen LogP contribution in [0.5, 0.6) is 0 Å². The van der Waals surface area contributed by atoms with Crippen molar-refractivity contribution in [3.8, 4) is 0 Å². The van der Waals surface area contributed by atoms with Gasteiger partial charge in [-0.25, -0.2) is 0 Å². The maximum atomic E-state index is 13.0. The van der Waals surface area contributed by atoms with Gasteiger partial charge < -0.3 is 30.4 Å². The van der Waals surface area contributed by atoms with Crippen LogP contribution in [-0.4, -0.2) is 56.1 Å². The Balaban J connectivity index is 1.36. The van der Waals surface area contributed by atoms with Crippen molar-refractivity contribution in [3.63, 3.8) is 0 Å². The number of nitrogens with two attached hydrogens (primary N) is 1. The molecule has 1 saturated heterocycles. The van der Waals surface area contributed by atoms with Crippen molar-refractivity contribution in [2.45, 2.75) is 12.2 Å². The minimum absolute atomic E-state index is 0.0747. The Morgan fingerprint density at radius 1 is 1.31 bits per heavy atom. The number of carbonyl (C=O) groups excluding carboxylic acids is 1. The molecular formula is C23H21N7O5. The summed E-state index contributed by atoms with van der Waals surface area (Å²) in [5.41, 5.74) is 6.81. The Labute approximate surface area is 197 Å². The van der Waals surface area contributed by atoms with E-state index >= 15 is 0 Å². The Kier molecular flexibility index (Phi) is 5.73. The van der Waals surface area contributed by atoms with Gasteiger partial charge in [-0.1, -0.05) is 5.16 Å². The topological polar surface area (TPSA) is 183 Å². The number of aromatic amines is 1. The summed E-state index contributed by atoms with van der Waals surface area (Å²) in [7, 11) is 0. The fourth-order valence-corrected chi connectivity index (χ4v) is 3.93. The quantitative estimate of drug-likeness (QED) is 0.211. The third kappa shape index (κ3) is 4.11. The maximum Gasteiger partial charge on any atom is 0.260 e. The second-order valence-corrected chi connectivity index (χ2v) is 7.85. The number of amidine groups is 1. The van der Waals surface area contributed by atoms with E-state index in [4.69, 9.17) is 20.4 Å². The second kappa shape index (κ2) is 9.00. The molecule has 5 rings (SSSR count). The van der Waals surface area contributed by atoms with E-state index in [1.165, 1.54) is 23.2 Å². The number of anilines is 2. The third-order valence-electron chi connectivity index (χ3n) is 5.67. The van der Waals surface area contributed by atoms with Crippen LogP contribution in [0.1, 0.15) is 11.8 Å². The summed E-state index contributed by atoms with van der Waals surface area (Å²) in [4.78, 5) is 34.0. The average molecular weight is 475 g/mol. The lowest BCUT2D eigenvalue weighted by atomic mass is 10.0. The van der Waals surface area contributed by atoms with Crippen molar-refractivity contribution < 1.29 is 19.2 Å². The van der Waals surface area contributed by atoms with Gasteiger partial charge in [0, 0.05) is 30.3 Å². The van der Waals surface area contributed by atoms with Crippen LogP contribution in [0.15, 0.2) is 64.3 Å². The Morgan fingerprint density at radius 3 is 2.91 bits per heavy atom. The number of nitrogen functional groups attached to an aromatic ring is 1. The first-order valence-electron chi connectivity index (χ1n) is 10.7. The first-order chi connectivity index (χ1) is 16.9. The van der Waals surface area contributed by atoms with Crippen LogP contribution in [0.2, 0.25) is 0 Å². The molecule has 1 aliphatic heterocycles. The zero-order valence-electron chi connectivity index (χ0n) is 18.3. The van der Waals surface area contributed by atoms with Gasteiger partial charge in [0.1, 0.15) is 11.9 Å². The van der Waals surface area contributed by atoms with Crippen molar-refractivity contribution in [1.29, 1.82) is 5.41 Å². The number of fused-ring (bicyclic) bond motifs is 3. The molecular weight excluding hydrogens is 454 g/mol. The molecule has 1 fully saturated rings. The van der Waals surface area contributed by atoms with E-state index in [0.29, 0.717) is 10.9 Å². The summed E-state index contributed by atoms with van der Waals surface area (Å²) >= 11 is 0. The monoisotopic (exact) mass is 475 g/mol. The number of ether oxygens (including phenoxy) is 1. The van der Waals surface area contributed by atoms with Gasteiger partial charge in [-0.2, -0.15) is 0 Å². The van der Waals surface area contributed by atoms with Crippen LogP contribution in [0.4, 0.5) is 11.5 Å². The number of pyridine rings is 2. The highest BCUT2D eigenvalue weighted by molar-refractivity contribution is 6.06. The predicted molar refractivity (Wildman–Crippen MR) is 128 cm³/mol. The summed E-state index contributed by atoms with van der Waals surface area (Å²) in [6.07, 6.45) is 3.44. The number of nitrogens with one attached hydrogen (secondary N) is 3. The minimum Gasteiger partial charge on any atom is -0.384 e. The van der Waals surface area contributed by atoms with Gasteiger partial charge in [0.15, 0.2) is 22.9 Å². The van der Waals surface area contributed by atoms with Crippen molar-refractivity contribution in [1.82, 2.24) is 20.0 Å². The van der Waals surface area contributed by atoms with E-state index in [9.17, 15) is 14.7 Å². The van der Waals surface area contributed by atoms with Crippen molar-refractivity contribution in [2.24, 2.45) is 0 Å². The molecule has 1 amide bonds. The summed E-state index contributed by atoms with van der Waals surface area (Å²) < 4.78 is 10.7. The van der Waals surface area contributed by atoms with Crippen LogP contribution in [0.25, 0.3) is 21.9 Å². The first-order valence-corrected chi connectivity index (χ1v) is 10.7. The number of benzene rings is 1. The third-order valence-corrected chi connectivity index (χ3v) is 5.67. The van der Waals surface area contributed by atoms with Crippen molar-refractivity contribution >= 4 is 45.1 Å². The lowest BCUT2D eigenvalue weighted by Crippen LogP contribution is -2.52. The van der Waals surface area contributed by atoms with Gasteiger partial charge in [0.25, 0.3) is 5.91 Å². The van der Waals surface area contributed by atoms with Gasteiger partial charge in [-0.3, -0.25) is 24.9 Å². The number of morpholine rings is 1. The number of rotatable bonds is 5. The van der Waals surface area contributed by atoms with Crippen LogP contribution in [-0.2, 0) is 9.53 Å². The molecule has 0 aliphatic carbocycles. The molecule has 4 aromatic rings. The highest BCUT2D eigenvalue weighted by Crippen LogP contribution is 2.28. The normalized spacial score (nSPS) is 17.3. The standard InChI is InChI=1S/C23H21N7O5/c24-17(5-8-27-12-3-6-26-7-4-12)30-9-10-34-21(23(30)33)19(32)15-11-16(31)18-14(28-15)2-1-13-20(18)35-29-22(13)25/h1-8,11,19,21,24,32H,9-10H2,(H2,25,29)(H,26,27)(H,28,31)/b8-5-,24-17?. The largest absolute Gasteiger partial charge is 0.384 e. The molecule has 6 N–H and O–H groups in total. The van der Waals surface area contributed by atoms with Crippen molar-refractivity contribution in [2.75, 3.05) is 24.2 Å². The summed E-state index contributed by atoms with van der Waals surface area (Å²) in [5, 5.41) is 26.6. The highest BCUT2D eigenvalue weighted by Gasteiger charge is 2.37. The van der Waals surface area contributed by atoms with Crippen molar-refractivity contribution in [3.05, 3.63) is 70.9 Å².